The lowest BCUT2D eigenvalue weighted by Gasteiger charge is -2.55. The summed E-state index contributed by atoms with van der Waals surface area (Å²) < 4.78 is 12.6. The predicted molar refractivity (Wildman–Crippen MR) is 80.0 cm³/mol. The van der Waals surface area contributed by atoms with Crippen molar-refractivity contribution in [3.05, 3.63) is 0 Å². The van der Waals surface area contributed by atoms with Gasteiger partial charge in [-0.2, -0.15) is 0 Å². The molecule has 1 saturated heterocycles. The maximum absolute atomic E-state index is 6.29. The summed E-state index contributed by atoms with van der Waals surface area (Å²) in [4.78, 5) is 0. The van der Waals surface area contributed by atoms with E-state index >= 15 is 0 Å². The largest absolute Gasteiger partial charge is 0.394 e. The minimum absolute atomic E-state index is 0.710. The highest BCUT2D eigenvalue weighted by atomic mass is 28.4. The van der Waals surface area contributed by atoms with Crippen LogP contribution >= 0.6 is 0 Å². The monoisotopic (exact) mass is 272 g/mol. The highest BCUT2D eigenvalue weighted by Crippen LogP contribution is 2.60. The molecule has 0 spiro atoms. The van der Waals surface area contributed by atoms with Crippen molar-refractivity contribution in [2.24, 2.45) is 11.8 Å². The van der Waals surface area contributed by atoms with Crippen molar-refractivity contribution in [3.63, 3.8) is 0 Å². The molecule has 0 saturated carbocycles. The first-order valence-corrected chi connectivity index (χ1v) is 9.82. The van der Waals surface area contributed by atoms with E-state index in [0.717, 1.165) is 25.0 Å². The summed E-state index contributed by atoms with van der Waals surface area (Å²) in [5, 5.41) is 0. The molecule has 108 valence electrons. The van der Waals surface area contributed by atoms with Gasteiger partial charge < -0.3 is 8.85 Å². The summed E-state index contributed by atoms with van der Waals surface area (Å²) in [6, 6.07) is 0. The Balaban J connectivity index is 2.89. The molecule has 0 aromatic heterocycles. The van der Waals surface area contributed by atoms with Gasteiger partial charge in [0.25, 0.3) is 0 Å². The van der Waals surface area contributed by atoms with Crippen LogP contribution in [0.1, 0.15) is 60.8 Å². The van der Waals surface area contributed by atoms with Crippen LogP contribution in [0.15, 0.2) is 0 Å². The lowest BCUT2D eigenvalue weighted by atomic mass is 9.93. The highest BCUT2D eigenvalue weighted by molar-refractivity contribution is 6.73. The van der Waals surface area contributed by atoms with Crippen molar-refractivity contribution < 1.29 is 8.85 Å². The normalized spacial score (nSPS) is 29.7. The molecule has 4 unspecified atom stereocenters. The van der Waals surface area contributed by atoms with Gasteiger partial charge in [0.15, 0.2) is 0 Å². The van der Waals surface area contributed by atoms with Crippen LogP contribution in [0.2, 0.25) is 11.1 Å². The Morgan fingerprint density at radius 2 is 1.28 bits per heavy atom. The molecule has 0 amide bonds. The van der Waals surface area contributed by atoms with Gasteiger partial charge in [-0.15, -0.1) is 0 Å². The fraction of sp³-hybridized carbons (Fsp3) is 1.00. The Hall–Kier alpha value is 0.137. The van der Waals surface area contributed by atoms with Crippen molar-refractivity contribution in [3.8, 4) is 0 Å². The molecule has 1 heterocycles. The third-order valence-electron chi connectivity index (χ3n) is 4.94. The van der Waals surface area contributed by atoms with Gasteiger partial charge in [0, 0.05) is 24.3 Å². The van der Waals surface area contributed by atoms with E-state index in [4.69, 9.17) is 8.85 Å². The van der Waals surface area contributed by atoms with Crippen LogP contribution in [0.3, 0.4) is 0 Å². The van der Waals surface area contributed by atoms with E-state index in [2.05, 4.69) is 41.5 Å². The molecule has 0 aromatic carbocycles. The first kappa shape index (κ1) is 16.2. The van der Waals surface area contributed by atoms with Gasteiger partial charge in [0.1, 0.15) is 0 Å². The van der Waals surface area contributed by atoms with Crippen molar-refractivity contribution in [1.82, 2.24) is 0 Å². The molecule has 0 radical (unpaired) electrons. The van der Waals surface area contributed by atoms with E-state index in [1.54, 1.807) is 0 Å². The van der Waals surface area contributed by atoms with Gasteiger partial charge in [0.2, 0.25) is 0 Å². The quantitative estimate of drug-likeness (QED) is 0.594. The lowest BCUT2D eigenvalue weighted by molar-refractivity contribution is 0.104. The summed E-state index contributed by atoms with van der Waals surface area (Å²) in [6.45, 7) is 15.2. The number of hydrogen-bond donors (Lipinski definition) is 0. The van der Waals surface area contributed by atoms with Gasteiger partial charge in [-0.25, -0.2) is 0 Å². The topological polar surface area (TPSA) is 18.5 Å². The van der Waals surface area contributed by atoms with Crippen LogP contribution < -0.4 is 0 Å². The molecule has 0 aromatic rings. The average molecular weight is 273 g/mol. The second-order valence-electron chi connectivity index (χ2n) is 5.81. The Morgan fingerprint density at radius 1 is 0.889 bits per heavy atom. The molecule has 0 N–H and O–H groups in total. The summed E-state index contributed by atoms with van der Waals surface area (Å²) in [6.07, 6.45) is 3.82. The highest BCUT2D eigenvalue weighted by Gasteiger charge is 2.63. The molecule has 1 aliphatic heterocycles. The van der Waals surface area contributed by atoms with Crippen LogP contribution in [-0.4, -0.2) is 21.8 Å². The zero-order valence-corrected chi connectivity index (χ0v) is 14.2. The Kier molecular flexibility index (Phi) is 6.35. The Morgan fingerprint density at radius 3 is 1.56 bits per heavy atom. The molecule has 2 nitrogen and oxygen atoms in total. The maximum atomic E-state index is 6.29. The summed E-state index contributed by atoms with van der Waals surface area (Å²) in [5.41, 5.74) is 1.42. The third-order valence-corrected chi connectivity index (χ3v) is 10.1. The van der Waals surface area contributed by atoms with E-state index in [-0.39, 0.29) is 0 Å². The Labute approximate surface area is 115 Å². The maximum Gasteiger partial charge on any atom is 0.345 e. The molecule has 1 fully saturated rings. The molecule has 3 heteroatoms. The second kappa shape index (κ2) is 7.06. The second-order valence-corrected chi connectivity index (χ2v) is 9.31. The van der Waals surface area contributed by atoms with Crippen LogP contribution in [0, 0.1) is 11.8 Å². The lowest BCUT2D eigenvalue weighted by Crippen LogP contribution is -2.62. The SMILES string of the molecule is CCO[Si]1(OCC)C(C(C)CC)CC1C(C)CC. The molecule has 0 aliphatic carbocycles. The Bertz CT molecular complexity index is 221. The zero-order chi connectivity index (χ0) is 13.8. The van der Waals surface area contributed by atoms with Gasteiger partial charge in [-0.1, -0.05) is 40.5 Å². The predicted octanol–water partition coefficient (Wildman–Crippen LogP) is 4.74. The number of hydrogen-bond acceptors (Lipinski definition) is 2. The standard InChI is InChI=1S/C15H32O2Si/c1-7-12(5)14-11-15(13(6)8-2)18(14,16-9-3)17-10-4/h12-15H,7-11H2,1-6H3. The molecule has 1 rings (SSSR count). The first-order chi connectivity index (χ1) is 8.57. The van der Waals surface area contributed by atoms with Crippen molar-refractivity contribution >= 4 is 8.56 Å². The van der Waals surface area contributed by atoms with Gasteiger partial charge in [-0.05, 0) is 32.1 Å². The van der Waals surface area contributed by atoms with Crippen LogP contribution in [0.5, 0.6) is 0 Å². The fourth-order valence-electron chi connectivity index (χ4n) is 3.46. The van der Waals surface area contributed by atoms with Gasteiger partial charge in [-0.3, -0.25) is 0 Å². The molecule has 1 aliphatic rings. The van der Waals surface area contributed by atoms with E-state index in [1.807, 2.05) is 0 Å². The molecule has 18 heavy (non-hydrogen) atoms. The fourth-order valence-corrected chi connectivity index (χ4v) is 8.64. The molecular formula is C15H32O2Si. The van der Waals surface area contributed by atoms with Gasteiger partial charge in [0.05, 0.1) is 0 Å². The summed E-state index contributed by atoms with van der Waals surface area (Å²) in [7, 11) is -1.97. The van der Waals surface area contributed by atoms with Crippen molar-refractivity contribution in [2.45, 2.75) is 71.9 Å². The van der Waals surface area contributed by atoms with E-state index in [0.29, 0.717) is 11.1 Å². The number of rotatable bonds is 8. The van der Waals surface area contributed by atoms with Crippen molar-refractivity contribution in [2.75, 3.05) is 13.2 Å². The van der Waals surface area contributed by atoms with E-state index < -0.39 is 8.56 Å². The molecule has 4 atom stereocenters. The van der Waals surface area contributed by atoms with E-state index in [1.165, 1.54) is 19.3 Å². The third kappa shape index (κ3) is 2.83. The molecular weight excluding hydrogens is 240 g/mol. The minimum atomic E-state index is -1.97. The zero-order valence-electron chi connectivity index (χ0n) is 13.2. The van der Waals surface area contributed by atoms with Crippen molar-refractivity contribution in [1.29, 1.82) is 0 Å². The van der Waals surface area contributed by atoms with Crippen LogP contribution in [0.25, 0.3) is 0 Å². The average Bonchev–Trinajstić information content (AvgIpc) is 2.36. The first-order valence-electron chi connectivity index (χ1n) is 7.85. The molecule has 0 bridgehead atoms. The summed E-state index contributed by atoms with van der Waals surface area (Å²) >= 11 is 0. The smallest absolute Gasteiger partial charge is 0.345 e. The van der Waals surface area contributed by atoms with E-state index in [9.17, 15) is 0 Å². The van der Waals surface area contributed by atoms with Crippen LogP contribution in [0.4, 0.5) is 0 Å². The minimum Gasteiger partial charge on any atom is -0.394 e. The summed E-state index contributed by atoms with van der Waals surface area (Å²) in [5.74, 6) is 1.49. The van der Waals surface area contributed by atoms with Gasteiger partial charge >= 0.3 is 8.56 Å². The van der Waals surface area contributed by atoms with Crippen LogP contribution in [-0.2, 0) is 8.85 Å².